The fourth-order valence-corrected chi connectivity index (χ4v) is 3.55. The van der Waals surface area contributed by atoms with Crippen LogP contribution in [0.15, 0.2) is 57.1 Å². The number of aromatic nitrogens is 1. The zero-order valence-corrected chi connectivity index (χ0v) is 17.3. The molecule has 2 aromatic carbocycles. The van der Waals surface area contributed by atoms with Crippen molar-refractivity contribution in [3.63, 3.8) is 0 Å². The molecule has 0 spiro atoms. The number of benzene rings is 2. The fraction of sp³-hybridized carbons (Fsp3) is 0.238. The molecule has 0 unspecified atom stereocenters. The average molecular weight is 441 g/mol. The number of nitrogens with zero attached hydrogens (tertiary/aromatic N) is 3. The van der Waals surface area contributed by atoms with Gasteiger partial charge in [0.25, 0.3) is 0 Å². The van der Waals surface area contributed by atoms with Gasteiger partial charge in [-0.25, -0.2) is 4.99 Å². The van der Waals surface area contributed by atoms with Gasteiger partial charge in [-0.1, -0.05) is 46.2 Å². The third-order valence-electron chi connectivity index (χ3n) is 4.85. The van der Waals surface area contributed by atoms with E-state index in [1.807, 2.05) is 49.5 Å². The summed E-state index contributed by atoms with van der Waals surface area (Å²) >= 11 is 3.50. The molecule has 0 saturated heterocycles. The minimum Gasteiger partial charge on any atom is -0.494 e. The second-order valence-corrected chi connectivity index (χ2v) is 7.60. The normalized spacial score (nSPS) is 14.7. The molecule has 0 fully saturated rings. The maximum absolute atomic E-state index is 10.6. The van der Waals surface area contributed by atoms with E-state index in [-0.39, 0.29) is 5.88 Å². The Bertz CT molecular complexity index is 1090. The van der Waals surface area contributed by atoms with Gasteiger partial charge in [0.1, 0.15) is 18.0 Å². The van der Waals surface area contributed by atoms with E-state index in [1.54, 1.807) is 0 Å². The molecule has 7 heteroatoms. The van der Waals surface area contributed by atoms with Crippen LogP contribution in [0.2, 0.25) is 0 Å². The van der Waals surface area contributed by atoms with E-state index in [0.29, 0.717) is 23.6 Å². The van der Waals surface area contributed by atoms with E-state index in [4.69, 9.17) is 9.83 Å². The predicted molar refractivity (Wildman–Crippen MR) is 116 cm³/mol. The lowest BCUT2D eigenvalue weighted by Gasteiger charge is -2.12. The first-order chi connectivity index (χ1) is 13.6. The minimum absolute atomic E-state index is 0.0677. The molecule has 144 valence electrons. The van der Waals surface area contributed by atoms with Gasteiger partial charge in [0.2, 0.25) is 0 Å². The molecule has 0 aliphatic carbocycles. The number of hydrogen-bond donors (Lipinski definition) is 2. The number of rotatable bonds is 6. The first-order valence-electron chi connectivity index (χ1n) is 9.16. The molecular weight excluding hydrogens is 420 g/mol. The van der Waals surface area contributed by atoms with E-state index in [2.05, 4.69) is 37.9 Å². The highest BCUT2D eigenvalue weighted by Crippen LogP contribution is 2.36. The first kappa shape index (κ1) is 18.7. The number of likely N-dealkylation sites (N-methyl/N-ethyl adjacent to an activating group) is 1. The zero-order chi connectivity index (χ0) is 19.7. The third-order valence-corrected chi connectivity index (χ3v) is 5.35. The third kappa shape index (κ3) is 3.43. The summed E-state index contributed by atoms with van der Waals surface area (Å²) in [5.74, 6) is 0.0677. The number of hydrogen-bond acceptors (Lipinski definition) is 5. The number of aromatic hydroxyl groups is 1. The lowest BCUT2D eigenvalue weighted by atomic mass is 10.0. The number of halogens is 1. The van der Waals surface area contributed by atoms with Crippen molar-refractivity contribution >= 4 is 43.9 Å². The van der Waals surface area contributed by atoms with Crippen molar-refractivity contribution in [1.82, 2.24) is 9.88 Å². The van der Waals surface area contributed by atoms with Crippen molar-refractivity contribution in [3.05, 3.63) is 58.1 Å². The van der Waals surface area contributed by atoms with Crippen LogP contribution in [0.25, 0.3) is 10.9 Å². The van der Waals surface area contributed by atoms with Crippen molar-refractivity contribution < 1.29 is 9.94 Å². The average Bonchev–Trinajstić information content (AvgIpc) is 3.21. The molecule has 28 heavy (non-hydrogen) atoms. The van der Waals surface area contributed by atoms with Gasteiger partial charge < -0.3 is 19.8 Å². The molecule has 0 saturated carbocycles. The molecule has 1 aliphatic heterocycles. The molecule has 2 heterocycles. The molecule has 4 rings (SSSR count). The largest absolute Gasteiger partial charge is 0.494 e. The van der Waals surface area contributed by atoms with Crippen LogP contribution in [-0.4, -0.2) is 53.2 Å². The van der Waals surface area contributed by atoms with Crippen LogP contribution < -0.4 is 0 Å². The standard InChI is InChI=1S/C21H21BrN4O2/c1-3-26(2)10-11-28-25-19-14-6-4-5-7-16(14)23-20(19)18-15-12-13(22)8-9-17(15)24-21(18)27/h4-9,12,24,27H,3,10-11H2,1-2H3. The molecule has 0 atom stereocenters. The van der Waals surface area contributed by atoms with Crippen LogP contribution in [0.3, 0.4) is 0 Å². The van der Waals surface area contributed by atoms with Crippen molar-refractivity contribution in [2.75, 3.05) is 26.7 Å². The Kier molecular flexibility index (Phi) is 5.19. The molecule has 0 amide bonds. The van der Waals surface area contributed by atoms with Gasteiger partial charge in [-0.3, -0.25) is 0 Å². The van der Waals surface area contributed by atoms with Gasteiger partial charge in [-0.15, -0.1) is 0 Å². The molecule has 2 N–H and O–H groups in total. The summed E-state index contributed by atoms with van der Waals surface area (Å²) in [6.45, 7) is 4.32. The molecule has 0 radical (unpaired) electrons. The summed E-state index contributed by atoms with van der Waals surface area (Å²) in [6, 6.07) is 13.6. The smallest absolute Gasteiger partial charge is 0.199 e. The summed E-state index contributed by atoms with van der Waals surface area (Å²) in [4.78, 5) is 15.5. The van der Waals surface area contributed by atoms with Crippen LogP contribution in [0.5, 0.6) is 5.88 Å². The summed E-state index contributed by atoms with van der Waals surface area (Å²) in [7, 11) is 2.04. The second kappa shape index (κ2) is 7.77. The van der Waals surface area contributed by atoms with E-state index >= 15 is 0 Å². The number of nitrogens with one attached hydrogen (secondary N) is 1. The quantitative estimate of drug-likeness (QED) is 0.439. The van der Waals surface area contributed by atoms with Crippen LogP contribution >= 0.6 is 15.9 Å². The molecule has 1 aliphatic rings. The Labute approximate surface area is 171 Å². The maximum atomic E-state index is 10.6. The van der Waals surface area contributed by atoms with Gasteiger partial charge >= 0.3 is 0 Å². The SMILES string of the molecule is CCN(C)CCON=C1C(c2c(O)[nH]c3ccc(Br)cc23)=Nc2ccccc21. The maximum Gasteiger partial charge on any atom is 0.199 e. The first-order valence-corrected chi connectivity index (χ1v) is 9.95. The molecular formula is C21H21BrN4O2. The highest BCUT2D eigenvalue weighted by Gasteiger charge is 2.29. The van der Waals surface area contributed by atoms with Crippen LogP contribution in [-0.2, 0) is 4.84 Å². The monoisotopic (exact) mass is 440 g/mol. The highest BCUT2D eigenvalue weighted by molar-refractivity contribution is 9.10. The molecule has 3 aromatic rings. The van der Waals surface area contributed by atoms with Crippen molar-refractivity contribution in [2.24, 2.45) is 10.1 Å². The Morgan fingerprint density at radius 3 is 2.89 bits per heavy atom. The number of para-hydroxylation sites is 1. The van der Waals surface area contributed by atoms with Crippen molar-refractivity contribution in [2.45, 2.75) is 6.92 Å². The number of aliphatic imine (C=N–C) groups is 1. The van der Waals surface area contributed by atoms with E-state index in [9.17, 15) is 5.11 Å². The number of aromatic amines is 1. The van der Waals surface area contributed by atoms with Crippen LogP contribution in [0, 0.1) is 0 Å². The number of oxime groups is 1. The Balaban J connectivity index is 1.75. The topological polar surface area (TPSA) is 73.2 Å². The summed E-state index contributed by atoms with van der Waals surface area (Å²) in [5.41, 5.74) is 4.40. The summed E-state index contributed by atoms with van der Waals surface area (Å²) in [6.07, 6.45) is 0. The molecule has 6 nitrogen and oxygen atoms in total. The van der Waals surface area contributed by atoms with E-state index in [1.165, 1.54) is 0 Å². The van der Waals surface area contributed by atoms with Crippen LogP contribution in [0.1, 0.15) is 18.1 Å². The van der Waals surface area contributed by atoms with E-state index in [0.717, 1.165) is 39.7 Å². The van der Waals surface area contributed by atoms with Crippen molar-refractivity contribution in [3.8, 4) is 5.88 Å². The Morgan fingerprint density at radius 1 is 1.25 bits per heavy atom. The van der Waals surface area contributed by atoms with Crippen LogP contribution in [0.4, 0.5) is 5.69 Å². The van der Waals surface area contributed by atoms with Gasteiger partial charge in [-0.2, -0.15) is 0 Å². The lowest BCUT2D eigenvalue weighted by molar-refractivity contribution is 0.121. The Hall–Kier alpha value is -2.64. The molecule has 1 aromatic heterocycles. The second-order valence-electron chi connectivity index (χ2n) is 6.69. The van der Waals surface area contributed by atoms with Gasteiger partial charge in [0.05, 0.1) is 11.3 Å². The zero-order valence-electron chi connectivity index (χ0n) is 15.7. The number of H-pyrrole nitrogens is 1. The van der Waals surface area contributed by atoms with Gasteiger partial charge in [0, 0.05) is 27.5 Å². The predicted octanol–water partition coefficient (Wildman–Crippen LogP) is 4.44. The molecule has 0 bridgehead atoms. The van der Waals surface area contributed by atoms with Gasteiger partial charge in [0.15, 0.2) is 5.88 Å². The fourth-order valence-electron chi connectivity index (χ4n) is 3.19. The van der Waals surface area contributed by atoms with Gasteiger partial charge in [-0.05, 0) is 37.9 Å². The Morgan fingerprint density at radius 2 is 2.07 bits per heavy atom. The summed E-state index contributed by atoms with van der Waals surface area (Å²) in [5, 5.41) is 15.9. The lowest BCUT2D eigenvalue weighted by Crippen LogP contribution is -2.22. The highest BCUT2D eigenvalue weighted by atomic mass is 79.9. The number of fused-ring (bicyclic) bond motifs is 2. The minimum atomic E-state index is 0.0677. The summed E-state index contributed by atoms with van der Waals surface area (Å²) < 4.78 is 0.925. The van der Waals surface area contributed by atoms with Crippen molar-refractivity contribution in [1.29, 1.82) is 0 Å². The van der Waals surface area contributed by atoms with E-state index < -0.39 is 0 Å².